The molecule has 1 heterocycles. The van der Waals surface area contributed by atoms with E-state index < -0.39 is 24.3 Å². The van der Waals surface area contributed by atoms with E-state index >= 15 is 0 Å². The number of halogens is 3. The minimum Gasteiger partial charge on any atom is -0.353 e. The van der Waals surface area contributed by atoms with Gasteiger partial charge in [0.05, 0.1) is 6.54 Å². The van der Waals surface area contributed by atoms with Gasteiger partial charge in [0.2, 0.25) is 5.91 Å². The second kappa shape index (κ2) is 6.35. The Morgan fingerprint density at radius 2 is 2.25 bits per heavy atom. The van der Waals surface area contributed by atoms with Crippen LogP contribution >= 0.6 is 12.4 Å². The van der Waals surface area contributed by atoms with Crippen molar-refractivity contribution in [2.75, 3.05) is 13.1 Å². The second-order valence-corrected chi connectivity index (χ2v) is 4.10. The van der Waals surface area contributed by atoms with Crippen LogP contribution in [0.2, 0.25) is 0 Å². The van der Waals surface area contributed by atoms with Crippen LogP contribution in [0, 0.1) is 5.92 Å². The molecule has 0 aliphatic carbocycles. The molecule has 2 atom stereocenters. The summed E-state index contributed by atoms with van der Waals surface area (Å²) in [6, 6.07) is -0.0387. The highest BCUT2D eigenvalue weighted by Crippen LogP contribution is 2.29. The lowest BCUT2D eigenvalue weighted by Gasteiger charge is -2.31. The molecular weight excluding hydrogens is 238 g/mol. The third kappa shape index (κ3) is 3.87. The number of hydrogen-bond acceptors (Lipinski definition) is 2. The van der Waals surface area contributed by atoms with Crippen LogP contribution in [0.3, 0.4) is 0 Å². The summed E-state index contributed by atoms with van der Waals surface area (Å²) in [5.41, 5.74) is 0. The number of rotatable bonds is 3. The van der Waals surface area contributed by atoms with Gasteiger partial charge in [-0.1, -0.05) is 6.92 Å². The Morgan fingerprint density at radius 1 is 1.62 bits per heavy atom. The molecule has 6 heteroatoms. The molecule has 0 aromatic heterocycles. The SMILES string of the molecule is CCC(C)NC(=O)C1CCNCC1(F)F.Cl. The number of piperidine rings is 1. The van der Waals surface area contributed by atoms with E-state index in [0.717, 1.165) is 6.42 Å². The van der Waals surface area contributed by atoms with E-state index in [2.05, 4.69) is 10.6 Å². The molecule has 1 saturated heterocycles. The normalized spacial score (nSPS) is 25.4. The fraction of sp³-hybridized carbons (Fsp3) is 0.900. The van der Waals surface area contributed by atoms with Crippen LogP contribution in [0.4, 0.5) is 8.78 Å². The molecule has 2 N–H and O–H groups in total. The van der Waals surface area contributed by atoms with Gasteiger partial charge >= 0.3 is 0 Å². The summed E-state index contributed by atoms with van der Waals surface area (Å²) in [6.07, 6.45) is 0.956. The summed E-state index contributed by atoms with van der Waals surface area (Å²) in [4.78, 5) is 11.6. The molecule has 0 saturated carbocycles. The van der Waals surface area contributed by atoms with E-state index in [1.807, 2.05) is 13.8 Å². The van der Waals surface area contributed by atoms with Gasteiger partial charge in [-0.15, -0.1) is 12.4 Å². The first kappa shape index (κ1) is 15.6. The zero-order valence-corrected chi connectivity index (χ0v) is 10.4. The van der Waals surface area contributed by atoms with Crippen LogP contribution in [0.15, 0.2) is 0 Å². The predicted molar refractivity (Wildman–Crippen MR) is 61.1 cm³/mol. The number of hydrogen-bond donors (Lipinski definition) is 2. The monoisotopic (exact) mass is 256 g/mol. The number of carbonyl (C=O) groups is 1. The summed E-state index contributed by atoms with van der Waals surface area (Å²) in [6.45, 7) is 3.81. The molecule has 0 aromatic rings. The van der Waals surface area contributed by atoms with Gasteiger partial charge in [-0.3, -0.25) is 4.79 Å². The van der Waals surface area contributed by atoms with Gasteiger partial charge in [-0.2, -0.15) is 0 Å². The quantitative estimate of drug-likeness (QED) is 0.805. The maximum Gasteiger partial charge on any atom is 0.271 e. The van der Waals surface area contributed by atoms with Crippen molar-refractivity contribution >= 4 is 18.3 Å². The molecule has 96 valence electrons. The zero-order valence-electron chi connectivity index (χ0n) is 9.56. The number of carbonyl (C=O) groups excluding carboxylic acids is 1. The average molecular weight is 257 g/mol. The molecule has 16 heavy (non-hydrogen) atoms. The maximum absolute atomic E-state index is 13.4. The average Bonchev–Trinajstić information content (AvgIpc) is 2.16. The summed E-state index contributed by atoms with van der Waals surface area (Å²) in [5.74, 6) is -4.61. The Morgan fingerprint density at radius 3 is 2.75 bits per heavy atom. The van der Waals surface area contributed by atoms with Crippen LogP contribution in [-0.2, 0) is 4.79 Å². The molecule has 0 aromatic carbocycles. The molecule has 1 fully saturated rings. The van der Waals surface area contributed by atoms with Gasteiger partial charge in [0.25, 0.3) is 5.92 Å². The minimum absolute atomic E-state index is 0. The van der Waals surface area contributed by atoms with Crippen molar-refractivity contribution in [3.63, 3.8) is 0 Å². The number of nitrogens with one attached hydrogen (secondary N) is 2. The number of alkyl halides is 2. The third-order valence-electron chi connectivity index (χ3n) is 2.80. The molecule has 1 aliphatic heterocycles. The van der Waals surface area contributed by atoms with E-state index in [1.54, 1.807) is 0 Å². The zero-order chi connectivity index (χ0) is 11.5. The molecule has 0 radical (unpaired) electrons. The van der Waals surface area contributed by atoms with Crippen LogP contribution in [0.25, 0.3) is 0 Å². The molecule has 3 nitrogen and oxygen atoms in total. The largest absolute Gasteiger partial charge is 0.353 e. The van der Waals surface area contributed by atoms with Crippen molar-refractivity contribution in [1.82, 2.24) is 10.6 Å². The molecule has 0 spiro atoms. The lowest BCUT2D eigenvalue weighted by atomic mass is 9.93. The Labute approximate surface area is 101 Å². The third-order valence-corrected chi connectivity index (χ3v) is 2.80. The summed E-state index contributed by atoms with van der Waals surface area (Å²) in [7, 11) is 0. The first-order chi connectivity index (χ1) is 6.97. The van der Waals surface area contributed by atoms with E-state index in [1.165, 1.54) is 0 Å². The molecular formula is C10H19ClF2N2O. The van der Waals surface area contributed by atoms with E-state index in [-0.39, 0.29) is 24.9 Å². The van der Waals surface area contributed by atoms with Crippen molar-refractivity contribution in [1.29, 1.82) is 0 Å². The van der Waals surface area contributed by atoms with E-state index in [9.17, 15) is 13.6 Å². The van der Waals surface area contributed by atoms with Gasteiger partial charge < -0.3 is 10.6 Å². The van der Waals surface area contributed by atoms with Gasteiger partial charge in [-0.05, 0) is 26.3 Å². The first-order valence-corrected chi connectivity index (χ1v) is 5.36. The lowest BCUT2D eigenvalue weighted by molar-refractivity contribution is -0.143. The van der Waals surface area contributed by atoms with Crippen LogP contribution < -0.4 is 10.6 Å². The van der Waals surface area contributed by atoms with Crippen LogP contribution in [-0.4, -0.2) is 31.0 Å². The van der Waals surface area contributed by atoms with E-state index in [4.69, 9.17) is 0 Å². The Kier molecular flexibility index (Phi) is 6.18. The van der Waals surface area contributed by atoms with Crippen molar-refractivity contribution in [2.45, 2.75) is 38.7 Å². The highest BCUT2D eigenvalue weighted by molar-refractivity contribution is 5.85. The molecule has 1 amide bonds. The van der Waals surface area contributed by atoms with Gasteiger partial charge in [0.15, 0.2) is 0 Å². The van der Waals surface area contributed by atoms with Crippen molar-refractivity contribution in [3.05, 3.63) is 0 Å². The van der Waals surface area contributed by atoms with Crippen LogP contribution in [0.5, 0.6) is 0 Å². The lowest BCUT2D eigenvalue weighted by Crippen LogP contribution is -2.53. The summed E-state index contributed by atoms with van der Waals surface area (Å²) < 4.78 is 26.7. The molecule has 0 bridgehead atoms. The van der Waals surface area contributed by atoms with Gasteiger partial charge in [-0.25, -0.2) is 8.78 Å². The highest BCUT2D eigenvalue weighted by atomic mass is 35.5. The van der Waals surface area contributed by atoms with Crippen LogP contribution in [0.1, 0.15) is 26.7 Å². The van der Waals surface area contributed by atoms with Gasteiger partial charge in [0, 0.05) is 6.04 Å². The molecule has 1 aliphatic rings. The standard InChI is InChI=1S/C10H18F2N2O.ClH/c1-3-7(2)14-9(15)8-4-5-13-6-10(8,11)12;/h7-8,13H,3-6H2,1-2H3,(H,14,15);1H. The fourth-order valence-corrected chi connectivity index (χ4v) is 1.60. The van der Waals surface area contributed by atoms with Crippen molar-refractivity contribution in [2.24, 2.45) is 5.92 Å². The van der Waals surface area contributed by atoms with Gasteiger partial charge in [0.1, 0.15) is 5.92 Å². The first-order valence-electron chi connectivity index (χ1n) is 5.36. The van der Waals surface area contributed by atoms with Crippen molar-refractivity contribution in [3.8, 4) is 0 Å². The topological polar surface area (TPSA) is 41.1 Å². The summed E-state index contributed by atoms with van der Waals surface area (Å²) >= 11 is 0. The Bertz CT molecular complexity index is 239. The summed E-state index contributed by atoms with van der Waals surface area (Å²) in [5, 5.41) is 5.21. The highest BCUT2D eigenvalue weighted by Gasteiger charge is 2.45. The second-order valence-electron chi connectivity index (χ2n) is 4.10. The Hall–Kier alpha value is -0.420. The smallest absolute Gasteiger partial charge is 0.271 e. The van der Waals surface area contributed by atoms with Crippen molar-refractivity contribution < 1.29 is 13.6 Å². The fourth-order valence-electron chi connectivity index (χ4n) is 1.60. The Balaban J connectivity index is 0.00000225. The van der Waals surface area contributed by atoms with E-state index in [0.29, 0.717) is 6.54 Å². The molecule has 1 rings (SSSR count). The maximum atomic E-state index is 13.4. The number of amides is 1. The predicted octanol–water partition coefficient (Wildman–Crippen LogP) is 1.57. The minimum atomic E-state index is -2.92. The molecule has 2 unspecified atom stereocenters.